The molecule has 0 fully saturated rings. The van der Waals surface area contributed by atoms with Gasteiger partial charge in [-0.1, -0.05) is 23.5 Å². The number of benzene rings is 2. The molecule has 2 heterocycles. The lowest BCUT2D eigenvalue weighted by molar-refractivity contribution is 0.102. The van der Waals surface area contributed by atoms with Crippen LogP contribution >= 0.6 is 11.3 Å². The maximum Gasteiger partial charge on any atom is 0.255 e. The number of aromatic nitrogens is 4. The minimum absolute atomic E-state index is 0.261. The maximum absolute atomic E-state index is 12.7. The van der Waals surface area contributed by atoms with E-state index in [1.54, 1.807) is 36.9 Å². The summed E-state index contributed by atoms with van der Waals surface area (Å²) in [7, 11) is 3.09. The van der Waals surface area contributed by atoms with Gasteiger partial charge in [0.25, 0.3) is 5.91 Å². The van der Waals surface area contributed by atoms with Crippen LogP contribution in [0, 0.1) is 6.92 Å². The molecular formula is C19H17N5O3S. The average Bonchev–Trinajstić information content (AvgIpc) is 3.30. The van der Waals surface area contributed by atoms with Crippen LogP contribution in [0.15, 0.2) is 42.5 Å². The van der Waals surface area contributed by atoms with Crippen molar-refractivity contribution in [3.8, 4) is 22.1 Å². The molecule has 0 aliphatic heterocycles. The number of amides is 1. The third-order valence-electron chi connectivity index (χ3n) is 4.13. The maximum atomic E-state index is 12.7. The van der Waals surface area contributed by atoms with E-state index in [2.05, 4.69) is 20.6 Å². The standard InChI is InChI=1S/C19H17N5O3S/c1-11-21-22-19-24(11)23-18(28-19)12-5-4-6-14(7-12)20-17(25)13-8-15(26-2)10-16(9-13)27-3/h4-10H,1-3H3,(H,20,25). The van der Waals surface area contributed by atoms with Crippen LogP contribution < -0.4 is 14.8 Å². The summed E-state index contributed by atoms with van der Waals surface area (Å²) in [5.41, 5.74) is 1.99. The highest BCUT2D eigenvalue weighted by Gasteiger charge is 2.13. The lowest BCUT2D eigenvalue weighted by Crippen LogP contribution is -2.12. The largest absolute Gasteiger partial charge is 0.497 e. The zero-order valence-corrected chi connectivity index (χ0v) is 16.3. The second-order valence-electron chi connectivity index (χ2n) is 5.99. The van der Waals surface area contributed by atoms with Crippen molar-refractivity contribution in [1.82, 2.24) is 19.8 Å². The van der Waals surface area contributed by atoms with Crippen molar-refractivity contribution in [3.05, 3.63) is 53.9 Å². The number of methoxy groups -OCH3 is 2. The van der Waals surface area contributed by atoms with Crippen LogP contribution in [0.5, 0.6) is 11.5 Å². The minimum Gasteiger partial charge on any atom is -0.497 e. The molecule has 2 aromatic heterocycles. The van der Waals surface area contributed by atoms with Gasteiger partial charge in [-0.15, -0.1) is 10.2 Å². The predicted molar refractivity (Wildman–Crippen MR) is 106 cm³/mol. The van der Waals surface area contributed by atoms with E-state index < -0.39 is 0 Å². The van der Waals surface area contributed by atoms with E-state index in [1.807, 2.05) is 31.2 Å². The van der Waals surface area contributed by atoms with E-state index in [4.69, 9.17) is 9.47 Å². The lowest BCUT2D eigenvalue weighted by Gasteiger charge is -2.10. The Balaban J connectivity index is 1.60. The lowest BCUT2D eigenvalue weighted by atomic mass is 10.1. The molecule has 0 radical (unpaired) electrons. The van der Waals surface area contributed by atoms with E-state index >= 15 is 0 Å². The van der Waals surface area contributed by atoms with Crippen LogP contribution in [0.1, 0.15) is 16.2 Å². The second kappa shape index (κ2) is 7.28. The van der Waals surface area contributed by atoms with Gasteiger partial charge in [0.1, 0.15) is 16.5 Å². The molecule has 28 heavy (non-hydrogen) atoms. The number of aryl methyl sites for hydroxylation is 1. The van der Waals surface area contributed by atoms with Gasteiger partial charge in [-0.2, -0.15) is 9.61 Å². The van der Waals surface area contributed by atoms with Crippen LogP contribution in [-0.4, -0.2) is 39.9 Å². The third kappa shape index (κ3) is 3.39. The molecule has 0 aliphatic carbocycles. The number of carbonyl (C=O) groups is 1. The van der Waals surface area contributed by atoms with Crippen LogP contribution in [0.2, 0.25) is 0 Å². The Bertz CT molecular complexity index is 1150. The topological polar surface area (TPSA) is 90.6 Å². The SMILES string of the molecule is COc1cc(OC)cc(C(=O)Nc2cccc(-c3nn4c(C)nnc4s3)c2)c1. The molecule has 8 nitrogen and oxygen atoms in total. The van der Waals surface area contributed by atoms with Crippen LogP contribution in [0.4, 0.5) is 5.69 Å². The van der Waals surface area contributed by atoms with Crippen LogP contribution in [0.25, 0.3) is 15.5 Å². The zero-order valence-electron chi connectivity index (χ0n) is 15.5. The van der Waals surface area contributed by atoms with E-state index in [0.29, 0.717) is 22.7 Å². The highest BCUT2D eigenvalue weighted by atomic mass is 32.1. The normalized spacial score (nSPS) is 10.8. The fraction of sp³-hybridized carbons (Fsp3) is 0.158. The summed E-state index contributed by atoms with van der Waals surface area (Å²) in [6.07, 6.45) is 0. The molecule has 0 spiro atoms. The third-order valence-corrected chi connectivity index (χ3v) is 5.08. The predicted octanol–water partition coefficient (Wildman–Crippen LogP) is 3.43. The Hall–Kier alpha value is -3.46. The van der Waals surface area contributed by atoms with Crippen molar-refractivity contribution >= 4 is 27.9 Å². The molecule has 142 valence electrons. The summed E-state index contributed by atoms with van der Waals surface area (Å²) >= 11 is 1.44. The van der Waals surface area contributed by atoms with Gasteiger partial charge in [-0.25, -0.2) is 0 Å². The highest BCUT2D eigenvalue weighted by molar-refractivity contribution is 7.19. The summed E-state index contributed by atoms with van der Waals surface area (Å²) in [5.74, 6) is 1.57. The first kappa shape index (κ1) is 17.9. The molecule has 2 aromatic carbocycles. The Morgan fingerprint density at radius 2 is 1.82 bits per heavy atom. The first-order valence-electron chi connectivity index (χ1n) is 8.41. The molecule has 0 atom stereocenters. The number of fused-ring (bicyclic) bond motifs is 1. The summed E-state index contributed by atoms with van der Waals surface area (Å²) in [6.45, 7) is 1.85. The van der Waals surface area contributed by atoms with Gasteiger partial charge in [-0.3, -0.25) is 4.79 Å². The minimum atomic E-state index is -0.261. The quantitative estimate of drug-likeness (QED) is 0.557. The number of anilines is 1. The van der Waals surface area contributed by atoms with Crippen molar-refractivity contribution < 1.29 is 14.3 Å². The van der Waals surface area contributed by atoms with Crippen molar-refractivity contribution in [1.29, 1.82) is 0 Å². The van der Waals surface area contributed by atoms with Gasteiger partial charge in [0.2, 0.25) is 4.96 Å². The molecule has 0 saturated carbocycles. The first-order chi connectivity index (χ1) is 13.6. The van der Waals surface area contributed by atoms with Gasteiger partial charge in [-0.05, 0) is 31.2 Å². The summed E-state index contributed by atoms with van der Waals surface area (Å²) in [4.78, 5) is 13.4. The molecule has 0 unspecified atom stereocenters. The van der Waals surface area contributed by atoms with Gasteiger partial charge in [0.15, 0.2) is 5.82 Å². The fourth-order valence-electron chi connectivity index (χ4n) is 2.70. The monoisotopic (exact) mass is 395 g/mol. The smallest absolute Gasteiger partial charge is 0.255 e. The van der Waals surface area contributed by atoms with E-state index in [0.717, 1.165) is 21.4 Å². The highest BCUT2D eigenvalue weighted by Crippen LogP contribution is 2.28. The van der Waals surface area contributed by atoms with Gasteiger partial charge in [0.05, 0.1) is 14.2 Å². The van der Waals surface area contributed by atoms with Crippen molar-refractivity contribution in [2.24, 2.45) is 0 Å². The molecule has 1 amide bonds. The molecule has 9 heteroatoms. The molecule has 0 bridgehead atoms. The Labute approximate surface area is 164 Å². The number of rotatable bonds is 5. The second-order valence-corrected chi connectivity index (χ2v) is 6.94. The number of nitrogens with zero attached hydrogens (tertiary/aromatic N) is 4. The molecule has 0 saturated heterocycles. The number of nitrogens with one attached hydrogen (secondary N) is 1. The summed E-state index contributed by atoms with van der Waals surface area (Å²) in [5, 5.41) is 16.3. The van der Waals surface area contributed by atoms with Gasteiger partial charge in [0, 0.05) is 22.9 Å². The first-order valence-corrected chi connectivity index (χ1v) is 9.23. The van der Waals surface area contributed by atoms with E-state index in [9.17, 15) is 4.79 Å². The molecule has 4 rings (SSSR count). The summed E-state index contributed by atoms with van der Waals surface area (Å²) < 4.78 is 12.2. The van der Waals surface area contributed by atoms with Gasteiger partial charge >= 0.3 is 0 Å². The number of carbonyl (C=O) groups excluding carboxylic acids is 1. The zero-order chi connectivity index (χ0) is 19.7. The molecule has 4 aromatic rings. The van der Waals surface area contributed by atoms with Crippen molar-refractivity contribution in [2.45, 2.75) is 6.92 Å². The Kier molecular flexibility index (Phi) is 4.66. The van der Waals surface area contributed by atoms with Gasteiger partial charge < -0.3 is 14.8 Å². The number of hydrogen-bond acceptors (Lipinski definition) is 7. The average molecular weight is 395 g/mol. The van der Waals surface area contributed by atoms with Crippen molar-refractivity contribution in [3.63, 3.8) is 0 Å². The molecular weight excluding hydrogens is 378 g/mol. The van der Waals surface area contributed by atoms with Crippen molar-refractivity contribution in [2.75, 3.05) is 19.5 Å². The van der Waals surface area contributed by atoms with Crippen LogP contribution in [0.3, 0.4) is 0 Å². The Morgan fingerprint density at radius 3 is 2.50 bits per heavy atom. The van der Waals surface area contributed by atoms with E-state index in [1.165, 1.54) is 11.3 Å². The van der Waals surface area contributed by atoms with Crippen LogP contribution in [-0.2, 0) is 0 Å². The number of ether oxygens (including phenoxy) is 2. The van der Waals surface area contributed by atoms with E-state index in [-0.39, 0.29) is 5.91 Å². The molecule has 0 aliphatic rings. The summed E-state index contributed by atoms with van der Waals surface area (Å²) in [6, 6.07) is 12.5. The molecule has 1 N–H and O–H groups in total. The Morgan fingerprint density at radius 1 is 1.07 bits per heavy atom. The fourth-order valence-corrected chi connectivity index (χ4v) is 3.58. The number of hydrogen-bond donors (Lipinski definition) is 1.